The van der Waals surface area contributed by atoms with E-state index in [2.05, 4.69) is 21.0 Å². The average molecular weight is 304 g/mol. The highest BCUT2D eigenvalue weighted by molar-refractivity contribution is 9.10. The molecule has 0 unspecified atom stereocenters. The first-order valence-electron chi connectivity index (χ1n) is 5.33. The van der Waals surface area contributed by atoms with E-state index in [4.69, 9.17) is 5.26 Å². The fourth-order valence-corrected chi connectivity index (χ4v) is 2.07. The first-order chi connectivity index (χ1) is 8.60. The van der Waals surface area contributed by atoms with Crippen LogP contribution in [-0.2, 0) is 6.54 Å². The monoisotopic (exact) mass is 303 g/mol. The van der Waals surface area contributed by atoms with E-state index in [1.807, 2.05) is 30.3 Å². The highest BCUT2D eigenvalue weighted by Crippen LogP contribution is 2.12. The van der Waals surface area contributed by atoms with Crippen molar-refractivity contribution in [2.75, 3.05) is 0 Å². The van der Waals surface area contributed by atoms with Crippen LogP contribution >= 0.6 is 15.9 Å². The molecule has 0 aliphatic rings. The molecule has 1 aromatic heterocycles. The first kappa shape index (κ1) is 12.5. The standard InChI is InChI=1S/C13H10BrN3O/c1-9-11(7-15)6-13(18)17(16-9)8-10-3-2-4-12(14)5-10/h2-6H,8H2,1H3. The van der Waals surface area contributed by atoms with Crippen LogP contribution in [0, 0.1) is 18.3 Å². The van der Waals surface area contributed by atoms with E-state index in [0.29, 0.717) is 17.8 Å². The Kier molecular flexibility index (Phi) is 3.58. The van der Waals surface area contributed by atoms with Gasteiger partial charge in [0.1, 0.15) is 6.07 Å². The summed E-state index contributed by atoms with van der Waals surface area (Å²) in [5.74, 6) is 0. The van der Waals surface area contributed by atoms with Gasteiger partial charge in [0.15, 0.2) is 0 Å². The quantitative estimate of drug-likeness (QED) is 0.855. The summed E-state index contributed by atoms with van der Waals surface area (Å²) < 4.78 is 2.32. The molecule has 0 saturated heterocycles. The van der Waals surface area contributed by atoms with Crippen molar-refractivity contribution >= 4 is 15.9 Å². The molecule has 0 saturated carbocycles. The zero-order chi connectivity index (χ0) is 13.1. The Hall–Kier alpha value is -1.93. The van der Waals surface area contributed by atoms with Crippen LogP contribution in [0.5, 0.6) is 0 Å². The van der Waals surface area contributed by atoms with Gasteiger partial charge in [0, 0.05) is 10.5 Å². The van der Waals surface area contributed by atoms with Gasteiger partial charge in [-0.25, -0.2) is 4.68 Å². The van der Waals surface area contributed by atoms with E-state index >= 15 is 0 Å². The van der Waals surface area contributed by atoms with E-state index in [0.717, 1.165) is 10.0 Å². The summed E-state index contributed by atoms with van der Waals surface area (Å²) in [7, 11) is 0. The lowest BCUT2D eigenvalue weighted by molar-refractivity contribution is 0.627. The van der Waals surface area contributed by atoms with E-state index < -0.39 is 0 Å². The predicted octanol–water partition coefficient (Wildman–Crippen LogP) is 2.23. The topological polar surface area (TPSA) is 58.7 Å². The van der Waals surface area contributed by atoms with Crippen LogP contribution in [0.25, 0.3) is 0 Å². The maximum Gasteiger partial charge on any atom is 0.268 e. The summed E-state index contributed by atoms with van der Waals surface area (Å²) in [5, 5.41) is 13.0. The fourth-order valence-electron chi connectivity index (χ4n) is 1.62. The van der Waals surface area contributed by atoms with Crippen LogP contribution in [0.1, 0.15) is 16.8 Å². The molecule has 0 aliphatic heterocycles. The second-order valence-corrected chi connectivity index (χ2v) is 4.80. The van der Waals surface area contributed by atoms with Crippen LogP contribution in [0.15, 0.2) is 39.6 Å². The summed E-state index contributed by atoms with van der Waals surface area (Å²) in [6.07, 6.45) is 0. The Morgan fingerprint density at radius 1 is 1.44 bits per heavy atom. The maximum absolute atomic E-state index is 11.8. The molecule has 0 bridgehead atoms. The number of aryl methyl sites for hydroxylation is 1. The molecule has 0 atom stereocenters. The summed E-state index contributed by atoms with van der Waals surface area (Å²) >= 11 is 3.38. The lowest BCUT2D eigenvalue weighted by Crippen LogP contribution is -2.24. The van der Waals surface area contributed by atoms with Gasteiger partial charge in [0.05, 0.1) is 17.8 Å². The Bertz CT molecular complexity index is 685. The molecule has 90 valence electrons. The van der Waals surface area contributed by atoms with Crippen molar-refractivity contribution in [2.24, 2.45) is 0 Å². The highest BCUT2D eigenvalue weighted by atomic mass is 79.9. The zero-order valence-corrected chi connectivity index (χ0v) is 11.3. The normalized spacial score (nSPS) is 10.1. The van der Waals surface area contributed by atoms with E-state index in [1.54, 1.807) is 6.92 Å². The van der Waals surface area contributed by atoms with Gasteiger partial charge in [-0.15, -0.1) is 0 Å². The van der Waals surface area contributed by atoms with Crippen molar-refractivity contribution in [3.63, 3.8) is 0 Å². The molecule has 0 fully saturated rings. The lowest BCUT2D eigenvalue weighted by atomic mass is 10.2. The second kappa shape index (κ2) is 5.15. The SMILES string of the molecule is Cc1nn(Cc2cccc(Br)c2)c(=O)cc1C#N. The molecule has 4 nitrogen and oxygen atoms in total. The molecule has 0 aliphatic carbocycles. The molecule has 2 rings (SSSR count). The number of nitriles is 1. The van der Waals surface area contributed by atoms with Crippen LogP contribution < -0.4 is 5.56 Å². The van der Waals surface area contributed by atoms with Crippen molar-refractivity contribution < 1.29 is 0 Å². The molecule has 0 radical (unpaired) electrons. The predicted molar refractivity (Wildman–Crippen MR) is 71.2 cm³/mol. The van der Waals surface area contributed by atoms with Gasteiger partial charge in [-0.05, 0) is 24.6 Å². The summed E-state index contributed by atoms with van der Waals surface area (Å²) in [5.41, 5.74) is 1.60. The fraction of sp³-hybridized carbons (Fsp3) is 0.154. The Labute approximate surface area is 113 Å². The summed E-state index contributed by atoms with van der Waals surface area (Å²) in [6, 6.07) is 11.0. The zero-order valence-electron chi connectivity index (χ0n) is 9.72. The first-order valence-corrected chi connectivity index (χ1v) is 6.13. The second-order valence-electron chi connectivity index (χ2n) is 3.88. The molecule has 1 aromatic carbocycles. The number of benzene rings is 1. The molecule has 5 heteroatoms. The number of rotatable bonds is 2. The van der Waals surface area contributed by atoms with Crippen molar-refractivity contribution in [1.82, 2.24) is 9.78 Å². The van der Waals surface area contributed by atoms with Gasteiger partial charge in [-0.1, -0.05) is 28.1 Å². The number of nitrogens with zero attached hydrogens (tertiary/aromatic N) is 3. The Balaban J connectivity index is 2.39. The van der Waals surface area contributed by atoms with Gasteiger partial charge in [0.2, 0.25) is 0 Å². The Morgan fingerprint density at radius 2 is 2.22 bits per heavy atom. The number of halogens is 1. The van der Waals surface area contributed by atoms with Crippen LogP contribution in [-0.4, -0.2) is 9.78 Å². The third-order valence-electron chi connectivity index (χ3n) is 2.52. The minimum atomic E-state index is -0.267. The minimum absolute atomic E-state index is 0.267. The average Bonchev–Trinajstić information content (AvgIpc) is 2.33. The number of hydrogen-bond donors (Lipinski definition) is 0. The molecule has 1 heterocycles. The number of hydrogen-bond acceptors (Lipinski definition) is 3. The highest BCUT2D eigenvalue weighted by Gasteiger charge is 2.05. The van der Waals surface area contributed by atoms with Gasteiger partial charge >= 0.3 is 0 Å². The minimum Gasteiger partial charge on any atom is -0.268 e. The van der Waals surface area contributed by atoms with Gasteiger partial charge in [-0.2, -0.15) is 10.4 Å². The largest absolute Gasteiger partial charge is 0.268 e. The molecule has 2 aromatic rings. The summed E-state index contributed by atoms with van der Waals surface area (Å²) in [4.78, 5) is 11.8. The van der Waals surface area contributed by atoms with Gasteiger partial charge in [0.25, 0.3) is 5.56 Å². The van der Waals surface area contributed by atoms with Crippen molar-refractivity contribution in [3.8, 4) is 6.07 Å². The molecule has 0 N–H and O–H groups in total. The van der Waals surface area contributed by atoms with Crippen molar-refractivity contribution in [1.29, 1.82) is 5.26 Å². The molecule has 18 heavy (non-hydrogen) atoms. The van der Waals surface area contributed by atoms with Crippen molar-refractivity contribution in [3.05, 3.63) is 62.0 Å². The smallest absolute Gasteiger partial charge is 0.268 e. The lowest BCUT2D eigenvalue weighted by Gasteiger charge is -2.06. The third kappa shape index (κ3) is 2.66. The maximum atomic E-state index is 11.8. The third-order valence-corrected chi connectivity index (χ3v) is 3.02. The van der Waals surface area contributed by atoms with E-state index in [1.165, 1.54) is 10.7 Å². The van der Waals surface area contributed by atoms with Gasteiger partial charge in [-0.3, -0.25) is 4.79 Å². The van der Waals surface area contributed by atoms with Crippen LogP contribution in [0.4, 0.5) is 0 Å². The van der Waals surface area contributed by atoms with Crippen LogP contribution in [0.2, 0.25) is 0 Å². The molecule has 0 amide bonds. The van der Waals surface area contributed by atoms with Crippen LogP contribution in [0.3, 0.4) is 0 Å². The Morgan fingerprint density at radius 3 is 2.89 bits per heavy atom. The van der Waals surface area contributed by atoms with Gasteiger partial charge < -0.3 is 0 Å². The summed E-state index contributed by atoms with van der Waals surface area (Å²) in [6.45, 7) is 2.11. The van der Waals surface area contributed by atoms with E-state index in [-0.39, 0.29) is 5.56 Å². The molecule has 0 spiro atoms. The van der Waals surface area contributed by atoms with Crippen molar-refractivity contribution in [2.45, 2.75) is 13.5 Å². The molecular weight excluding hydrogens is 294 g/mol. The van der Waals surface area contributed by atoms with E-state index in [9.17, 15) is 4.79 Å². The molecular formula is C13H10BrN3O. The number of aromatic nitrogens is 2.